The van der Waals surface area contributed by atoms with E-state index in [9.17, 15) is 0 Å². The highest BCUT2D eigenvalue weighted by Crippen LogP contribution is 2.40. The van der Waals surface area contributed by atoms with Gasteiger partial charge in [0.2, 0.25) is 0 Å². The topological polar surface area (TPSA) is 64.3 Å². The van der Waals surface area contributed by atoms with Gasteiger partial charge in [0.05, 0.1) is 17.5 Å². The van der Waals surface area contributed by atoms with E-state index < -0.39 is 0 Å². The lowest BCUT2D eigenvalue weighted by Gasteiger charge is -2.33. The first-order chi connectivity index (χ1) is 11.2. The van der Waals surface area contributed by atoms with Gasteiger partial charge in [0.15, 0.2) is 0 Å². The number of aromatic nitrogens is 3. The third-order valence-corrected chi connectivity index (χ3v) is 4.83. The molecule has 0 radical (unpaired) electrons. The summed E-state index contributed by atoms with van der Waals surface area (Å²) in [6.07, 6.45) is 4.46. The molecule has 2 aliphatic rings. The molecule has 2 saturated heterocycles. The number of aryl methyl sites for hydroxylation is 2. The van der Waals surface area contributed by atoms with E-state index in [1.807, 2.05) is 32.2 Å². The lowest BCUT2D eigenvalue weighted by molar-refractivity contribution is -0.0111. The lowest BCUT2D eigenvalue weighted by atomic mass is 9.91. The van der Waals surface area contributed by atoms with Crippen LogP contribution in [0, 0.1) is 19.8 Å². The third kappa shape index (κ3) is 3.14. The maximum Gasteiger partial charge on any atom is 0.133 e. The van der Waals surface area contributed by atoms with Crippen LogP contribution >= 0.6 is 0 Å². The Bertz CT molecular complexity index is 687. The molecule has 0 bridgehead atoms. The van der Waals surface area contributed by atoms with Gasteiger partial charge in [-0.1, -0.05) is 5.16 Å². The van der Waals surface area contributed by atoms with E-state index >= 15 is 0 Å². The normalized spacial score (nSPS) is 28.0. The maximum absolute atomic E-state index is 6.30. The molecule has 0 aliphatic carbocycles. The molecule has 2 fully saturated rings. The molecule has 0 aromatic carbocycles. The van der Waals surface area contributed by atoms with Crippen molar-refractivity contribution in [2.75, 3.05) is 13.1 Å². The maximum atomic E-state index is 6.30. The van der Waals surface area contributed by atoms with Crippen LogP contribution in [0.5, 0.6) is 0 Å². The van der Waals surface area contributed by atoms with Crippen molar-refractivity contribution in [1.82, 2.24) is 20.0 Å². The van der Waals surface area contributed by atoms with Crippen LogP contribution in [0.3, 0.4) is 0 Å². The summed E-state index contributed by atoms with van der Waals surface area (Å²) in [5.41, 5.74) is 2.02. The molecule has 0 amide bonds. The van der Waals surface area contributed by atoms with Crippen molar-refractivity contribution >= 4 is 0 Å². The number of nitrogens with zero attached hydrogens (tertiary/aromatic N) is 4. The second-order valence-corrected chi connectivity index (χ2v) is 6.64. The molecular weight excluding hydrogens is 292 g/mol. The standard InChI is InChI=1S/C17H22N4O2/c1-11-7-14(20-23-11)9-21-6-4-13-8-16(22-17(13)10-21)15-3-5-18-12(2)19-15/h3,5,7,13,16-17H,4,6,8-10H2,1-2H3/t13-,16-,17+/m0/s1. The Hall–Kier alpha value is -1.79. The van der Waals surface area contributed by atoms with Crippen LogP contribution in [0.4, 0.5) is 0 Å². The average molecular weight is 314 g/mol. The smallest absolute Gasteiger partial charge is 0.133 e. The Morgan fingerprint density at radius 3 is 3.04 bits per heavy atom. The van der Waals surface area contributed by atoms with Crippen molar-refractivity contribution in [3.8, 4) is 0 Å². The minimum Gasteiger partial charge on any atom is -0.367 e. The third-order valence-electron chi connectivity index (χ3n) is 4.83. The molecule has 0 spiro atoms. The molecule has 0 saturated carbocycles. The van der Waals surface area contributed by atoms with Gasteiger partial charge in [-0.2, -0.15) is 0 Å². The van der Waals surface area contributed by atoms with Crippen LogP contribution in [-0.4, -0.2) is 39.2 Å². The van der Waals surface area contributed by atoms with Crippen molar-refractivity contribution in [3.63, 3.8) is 0 Å². The SMILES string of the molecule is Cc1nccc([C@@H]2C[C@@H]3CCN(Cc4cc(C)on4)C[C@H]3O2)n1. The van der Waals surface area contributed by atoms with Crippen LogP contribution in [-0.2, 0) is 11.3 Å². The Labute approximate surface area is 135 Å². The molecular formula is C17H22N4O2. The number of likely N-dealkylation sites (tertiary alicyclic amines) is 1. The van der Waals surface area contributed by atoms with Crippen molar-refractivity contribution in [3.05, 3.63) is 41.3 Å². The summed E-state index contributed by atoms with van der Waals surface area (Å²) in [7, 11) is 0. The van der Waals surface area contributed by atoms with Crippen molar-refractivity contribution in [2.45, 2.75) is 45.4 Å². The van der Waals surface area contributed by atoms with Crippen molar-refractivity contribution in [1.29, 1.82) is 0 Å². The largest absolute Gasteiger partial charge is 0.367 e. The molecule has 6 heteroatoms. The van der Waals surface area contributed by atoms with Crippen LogP contribution in [0.15, 0.2) is 22.9 Å². The zero-order valence-electron chi connectivity index (χ0n) is 13.6. The van der Waals surface area contributed by atoms with Gasteiger partial charge in [0, 0.05) is 25.4 Å². The Morgan fingerprint density at radius 1 is 1.35 bits per heavy atom. The number of piperidine rings is 1. The minimum atomic E-state index is 0.112. The predicted molar refractivity (Wildman–Crippen MR) is 83.6 cm³/mol. The molecule has 4 heterocycles. The highest BCUT2D eigenvalue weighted by molar-refractivity contribution is 5.09. The Balaban J connectivity index is 1.40. The molecule has 0 unspecified atom stereocenters. The fourth-order valence-electron chi connectivity index (χ4n) is 3.70. The van der Waals surface area contributed by atoms with Gasteiger partial charge in [0.1, 0.15) is 17.7 Å². The monoisotopic (exact) mass is 314 g/mol. The summed E-state index contributed by atoms with van der Waals surface area (Å²) < 4.78 is 11.5. The van der Waals surface area contributed by atoms with Gasteiger partial charge >= 0.3 is 0 Å². The Morgan fingerprint density at radius 2 is 2.26 bits per heavy atom. The summed E-state index contributed by atoms with van der Waals surface area (Å²) in [5, 5.41) is 4.09. The zero-order valence-corrected chi connectivity index (χ0v) is 13.6. The van der Waals surface area contributed by atoms with E-state index in [-0.39, 0.29) is 12.2 Å². The van der Waals surface area contributed by atoms with E-state index in [1.165, 1.54) is 6.42 Å². The molecule has 6 nitrogen and oxygen atoms in total. The first-order valence-electron chi connectivity index (χ1n) is 8.27. The number of hydrogen-bond donors (Lipinski definition) is 0. The average Bonchev–Trinajstić information content (AvgIpc) is 3.13. The van der Waals surface area contributed by atoms with Crippen LogP contribution in [0.25, 0.3) is 0 Å². The van der Waals surface area contributed by atoms with Gasteiger partial charge in [0.25, 0.3) is 0 Å². The highest BCUT2D eigenvalue weighted by Gasteiger charge is 2.40. The summed E-state index contributed by atoms with van der Waals surface area (Å²) >= 11 is 0. The molecule has 2 aliphatic heterocycles. The highest BCUT2D eigenvalue weighted by atomic mass is 16.5. The van der Waals surface area contributed by atoms with E-state index in [1.54, 1.807) is 0 Å². The zero-order chi connectivity index (χ0) is 15.8. The van der Waals surface area contributed by atoms with Crippen LogP contribution in [0.1, 0.15) is 41.9 Å². The molecule has 4 rings (SSSR count). The lowest BCUT2D eigenvalue weighted by Crippen LogP contribution is -2.41. The van der Waals surface area contributed by atoms with Gasteiger partial charge < -0.3 is 9.26 Å². The summed E-state index contributed by atoms with van der Waals surface area (Å²) in [6, 6.07) is 3.99. The van der Waals surface area contributed by atoms with Gasteiger partial charge in [-0.25, -0.2) is 9.97 Å². The molecule has 122 valence electrons. The van der Waals surface area contributed by atoms with E-state index in [4.69, 9.17) is 9.26 Å². The fraction of sp³-hybridized carbons (Fsp3) is 0.588. The van der Waals surface area contributed by atoms with Crippen molar-refractivity contribution in [2.24, 2.45) is 5.92 Å². The van der Waals surface area contributed by atoms with Crippen LogP contribution in [0.2, 0.25) is 0 Å². The first kappa shape index (κ1) is 14.8. The number of rotatable bonds is 3. The number of fused-ring (bicyclic) bond motifs is 1. The molecule has 0 N–H and O–H groups in total. The van der Waals surface area contributed by atoms with Gasteiger partial charge in [-0.3, -0.25) is 4.90 Å². The van der Waals surface area contributed by atoms with E-state index in [2.05, 4.69) is 20.0 Å². The molecule has 23 heavy (non-hydrogen) atoms. The first-order valence-corrected chi connectivity index (χ1v) is 8.27. The molecule has 2 aromatic heterocycles. The quantitative estimate of drug-likeness (QED) is 0.867. The van der Waals surface area contributed by atoms with Gasteiger partial charge in [-0.05, 0) is 45.2 Å². The second-order valence-electron chi connectivity index (χ2n) is 6.64. The number of hydrogen-bond acceptors (Lipinski definition) is 6. The minimum absolute atomic E-state index is 0.112. The molecule has 2 aromatic rings. The summed E-state index contributed by atoms with van der Waals surface area (Å²) in [6.45, 7) is 6.73. The Kier molecular flexibility index (Phi) is 3.87. The van der Waals surface area contributed by atoms with E-state index in [0.29, 0.717) is 5.92 Å². The fourth-order valence-corrected chi connectivity index (χ4v) is 3.70. The summed E-state index contributed by atoms with van der Waals surface area (Å²) in [4.78, 5) is 11.1. The van der Waals surface area contributed by atoms with Gasteiger partial charge in [-0.15, -0.1) is 0 Å². The second kappa shape index (κ2) is 6.02. The van der Waals surface area contributed by atoms with E-state index in [0.717, 1.165) is 49.0 Å². The van der Waals surface area contributed by atoms with Crippen molar-refractivity contribution < 1.29 is 9.26 Å². The summed E-state index contributed by atoms with van der Waals surface area (Å²) in [5.74, 6) is 2.31. The predicted octanol–water partition coefficient (Wildman–Crippen LogP) is 2.43. The number of ether oxygens (including phenoxy) is 1. The molecule has 3 atom stereocenters. The van der Waals surface area contributed by atoms with Crippen LogP contribution < -0.4 is 0 Å².